The zero-order valence-electron chi connectivity index (χ0n) is 11.9. The first kappa shape index (κ1) is 15.9. The first-order valence-electron chi connectivity index (χ1n) is 6.48. The SMILES string of the molecule is CCOC(=O)CCNc1ncc(C(=O)OCC)c(C)n1. The van der Waals surface area contributed by atoms with Crippen LogP contribution in [0.5, 0.6) is 0 Å². The smallest absolute Gasteiger partial charge is 0.341 e. The number of nitrogens with zero attached hydrogens (tertiary/aromatic N) is 2. The van der Waals surface area contributed by atoms with E-state index >= 15 is 0 Å². The molecule has 0 atom stereocenters. The van der Waals surface area contributed by atoms with Crippen molar-refractivity contribution in [3.63, 3.8) is 0 Å². The van der Waals surface area contributed by atoms with Crippen LogP contribution in [0.4, 0.5) is 5.95 Å². The fourth-order valence-electron chi connectivity index (χ4n) is 1.47. The van der Waals surface area contributed by atoms with Gasteiger partial charge in [0.1, 0.15) is 0 Å². The van der Waals surface area contributed by atoms with Crippen molar-refractivity contribution < 1.29 is 19.1 Å². The van der Waals surface area contributed by atoms with Crippen LogP contribution in [0.1, 0.15) is 36.3 Å². The first-order valence-corrected chi connectivity index (χ1v) is 6.48. The number of ether oxygens (including phenoxy) is 2. The molecule has 1 rings (SSSR count). The highest BCUT2D eigenvalue weighted by Crippen LogP contribution is 2.08. The van der Waals surface area contributed by atoms with Gasteiger partial charge in [0, 0.05) is 12.7 Å². The third-order valence-corrected chi connectivity index (χ3v) is 2.39. The highest BCUT2D eigenvalue weighted by atomic mass is 16.5. The van der Waals surface area contributed by atoms with Crippen LogP contribution in [-0.2, 0) is 14.3 Å². The van der Waals surface area contributed by atoms with Gasteiger partial charge in [-0.05, 0) is 20.8 Å². The van der Waals surface area contributed by atoms with Crippen molar-refractivity contribution in [1.82, 2.24) is 9.97 Å². The maximum absolute atomic E-state index is 11.6. The van der Waals surface area contributed by atoms with E-state index in [4.69, 9.17) is 9.47 Å². The van der Waals surface area contributed by atoms with Crippen LogP contribution in [-0.4, -0.2) is 41.7 Å². The van der Waals surface area contributed by atoms with Crippen LogP contribution in [0.25, 0.3) is 0 Å². The van der Waals surface area contributed by atoms with Crippen LogP contribution in [0, 0.1) is 6.92 Å². The van der Waals surface area contributed by atoms with Crippen molar-refractivity contribution in [3.8, 4) is 0 Å². The summed E-state index contributed by atoms with van der Waals surface area (Å²) in [6.07, 6.45) is 1.64. The molecule has 0 bridgehead atoms. The second-order valence-corrected chi connectivity index (χ2v) is 3.89. The van der Waals surface area contributed by atoms with Crippen molar-refractivity contribution in [3.05, 3.63) is 17.5 Å². The van der Waals surface area contributed by atoms with Gasteiger partial charge in [0.25, 0.3) is 0 Å². The molecule has 1 aromatic rings. The molecule has 1 aromatic heterocycles. The van der Waals surface area contributed by atoms with E-state index < -0.39 is 5.97 Å². The summed E-state index contributed by atoms with van der Waals surface area (Å²) in [5.74, 6) is -0.359. The van der Waals surface area contributed by atoms with E-state index in [2.05, 4.69) is 15.3 Å². The second-order valence-electron chi connectivity index (χ2n) is 3.89. The van der Waals surface area contributed by atoms with Crippen LogP contribution >= 0.6 is 0 Å². The fraction of sp³-hybridized carbons (Fsp3) is 0.538. The number of carbonyl (C=O) groups excluding carboxylic acids is 2. The van der Waals surface area contributed by atoms with Crippen molar-refractivity contribution >= 4 is 17.9 Å². The predicted octanol–water partition coefficient (Wildman–Crippen LogP) is 1.33. The summed E-state index contributed by atoms with van der Waals surface area (Å²) in [6, 6.07) is 0. The Balaban J connectivity index is 2.55. The zero-order valence-corrected chi connectivity index (χ0v) is 11.9. The molecular weight excluding hydrogens is 262 g/mol. The molecule has 0 fully saturated rings. The molecule has 110 valence electrons. The molecule has 1 heterocycles. The number of esters is 2. The van der Waals surface area contributed by atoms with Crippen molar-refractivity contribution in [2.75, 3.05) is 25.1 Å². The molecule has 0 aliphatic heterocycles. The lowest BCUT2D eigenvalue weighted by atomic mass is 10.2. The molecule has 7 nitrogen and oxygen atoms in total. The third-order valence-electron chi connectivity index (χ3n) is 2.39. The number of aryl methyl sites for hydroxylation is 1. The Kier molecular flexibility index (Phi) is 6.42. The van der Waals surface area contributed by atoms with Crippen LogP contribution < -0.4 is 5.32 Å². The summed E-state index contributed by atoms with van der Waals surface area (Å²) in [5.41, 5.74) is 0.861. The minimum absolute atomic E-state index is 0.232. The van der Waals surface area contributed by atoms with E-state index in [-0.39, 0.29) is 12.4 Å². The van der Waals surface area contributed by atoms with Gasteiger partial charge in [-0.3, -0.25) is 4.79 Å². The summed E-state index contributed by atoms with van der Waals surface area (Å²) >= 11 is 0. The van der Waals surface area contributed by atoms with Gasteiger partial charge in [-0.15, -0.1) is 0 Å². The Labute approximate surface area is 117 Å². The maximum Gasteiger partial charge on any atom is 0.341 e. The Bertz CT molecular complexity index is 477. The Morgan fingerprint density at radius 3 is 2.55 bits per heavy atom. The molecule has 0 amide bonds. The zero-order chi connectivity index (χ0) is 15.0. The molecule has 0 saturated carbocycles. The minimum atomic E-state index is -0.442. The van der Waals surface area contributed by atoms with Gasteiger partial charge in [-0.1, -0.05) is 0 Å². The largest absolute Gasteiger partial charge is 0.466 e. The Morgan fingerprint density at radius 1 is 1.25 bits per heavy atom. The summed E-state index contributed by atoms with van der Waals surface area (Å²) in [7, 11) is 0. The quantitative estimate of drug-likeness (QED) is 0.754. The van der Waals surface area contributed by atoms with E-state index in [0.717, 1.165) is 0 Å². The van der Waals surface area contributed by atoms with E-state index in [1.54, 1.807) is 20.8 Å². The maximum atomic E-state index is 11.6. The number of anilines is 1. The molecule has 1 N–H and O–H groups in total. The fourth-order valence-corrected chi connectivity index (χ4v) is 1.47. The van der Waals surface area contributed by atoms with Gasteiger partial charge in [0.2, 0.25) is 5.95 Å². The van der Waals surface area contributed by atoms with Crippen LogP contribution in [0.3, 0.4) is 0 Å². The molecule has 20 heavy (non-hydrogen) atoms. The van der Waals surface area contributed by atoms with Gasteiger partial charge in [0.15, 0.2) is 0 Å². The highest BCUT2D eigenvalue weighted by molar-refractivity contribution is 5.90. The molecule has 0 aromatic carbocycles. The predicted molar refractivity (Wildman–Crippen MR) is 72.5 cm³/mol. The monoisotopic (exact) mass is 281 g/mol. The normalized spacial score (nSPS) is 9.95. The molecule has 0 aliphatic rings. The van der Waals surface area contributed by atoms with Crippen molar-refractivity contribution in [2.24, 2.45) is 0 Å². The lowest BCUT2D eigenvalue weighted by Crippen LogP contribution is -2.14. The third kappa shape index (κ3) is 4.83. The van der Waals surface area contributed by atoms with Gasteiger partial charge in [-0.25, -0.2) is 14.8 Å². The molecular formula is C13H19N3O4. The molecule has 0 spiro atoms. The van der Waals surface area contributed by atoms with Crippen molar-refractivity contribution in [2.45, 2.75) is 27.2 Å². The number of aromatic nitrogens is 2. The van der Waals surface area contributed by atoms with Crippen LogP contribution in [0.15, 0.2) is 6.20 Å². The average Bonchev–Trinajstić information content (AvgIpc) is 2.39. The number of nitrogens with one attached hydrogen (secondary N) is 1. The Hall–Kier alpha value is -2.18. The first-order chi connectivity index (χ1) is 9.58. The Morgan fingerprint density at radius 2 is 1.95 bits per heavy atom. The number of hydrogen-bond donors (Lipinski definition) is 1. The molecule has 0 radical (unpaired) electrons. The number of hydrogen-bond acceptors (Lipinski definition) is 7. The number of carbonyl (C=O) groups is 2. The van der Waals surface area contributed by atoms with Gasteiger partial charge < -0.3 is 14.8 Å². The average molecular weight is 281 g/mol. The molecule has 7 heteroatoms. The van der Waals surface area contributed by atoms with Gasteiger partial charge >= 0.3 is 11.9 Å². The standard InChI is InChI=1S/C13H19N3O4/c1-4-19-11(17)6-7-14-13-15-8-10(9(3)16-13)12(18)20-5-2/h8H,4-7H2,1-3H3,(H,14,15,16). The van der Waals surface area contributed by atoms with Gasteiger partial charge in [-0.2, -0.15) is 0 Å². The summed E-state index contributed by atoms with van der Waals surface area (Å²) in [5, 5.41) is 2.90. The second kappa shape index (κ2) is 8.08. The minimum Gasteiger partial charge on any atom is -0.466 e. The van der Waals surface area contributed by atoms with Gasteiger partial charge in [0.05, 0.1) is 30.9 Å². The summed E-state index contributed by atoms with van der Waals surface area (Å²) in [4.78, 5) is 30.9. The topological polar surface area (TPSA) is 90.4 Å². The summed E-state index contributed by atoms with van der Waals surface area (Å²) in [6.45, 7) is 6.23. The summed E-state index contributed by atoms with van der Waals surface area (Å²) < 4.78 is 9.69. The highest BCUT2D eigenvalue weighted by Gasteiger charge is 2.12. The van der Waals surface area contributed by atoms with Crippen LogP contribution in [0.2, 0.25) is 0 Å². The molecule has 0 saturated heterocycles. The van der Waals surface area contributed by atoms with Crippen molar-refractivity contribution in [1.29, 1.82) is 0 Å². The lowest BCUT2D eigenvalue weighted by molar-refractivity contribution is -0.142. The molecule has 0 unspecified atom stereocenters. The number of rotatable bonds is 7. The lowest BCUT2D eigenvalue weighted by Gasteiger charge is -2.08. The molecule has 0 aliphatic carbocycles. The van der Waals surface area contributed by atoms with E-state index in [1.807, 2.05) is 0 Å². The van der Waals surface area contributed by atoms with E-state index in [9.17, 15) is 9.59 Å². The van der Waals surface area contributed by atoms with E-state index in [0.29, 0.717) is 37.0 Å². The van der Waals surface area contributed by atoms with E-state index in [1.165, 1.54) is 6.20 Å².